The van der Waals surface area contributed by atoms with E-state index in [0.717, 1.165) is 10.6 Å². The zero-order valence-corrected chi connectivity index (χ0v) is 16.1. The molecular formula is C19H20N4O3S. The molecule has 140 valence electrons. The van der Waals surface area contributed by atoms with E-state index in [1.165, 1.54) is 17.4 Å². The number of aromatic nitrogens is 3. The smallest absolute Gasteiger partial charge is 0.244 e. The maximum Gasteiger partial charge on any atom is 0.244 e. The van der Waals surface area contributed by atoms with Crippen LogP contribution in [0.25, 0.3) is 6.08 Å². The van der Waals surface area contributed by atoms with Crippen LogP contribution in [-0.2, 0) is 11.8 Å². The third-order valence-corrected chi connectivity index (χ3v) is 4.68. The summed E-state index contributed by atoms with van der Waals surface area (Å²) in [6.45, 7) is 0. The fraction of sp³-hybridized carbons (Fsp3) is 0.211. The standard InChI is InChI=1S/C19H20N4O3S/c1-23-8-6-21-19(23)18(13-10-14(25-2)12-15(11-13)26-3)22-16(24)4-5-17-20-7-9-27-17/h4-12,18H,1-3H3,(H,22,24)/b5-4+. The molecule has 0 aliphatic rings. The number of carbonyl (C=O) groups is 1. The highest BCUT2D eigenvalue weighted by Gasteiger charge is 2.21. The third-order valence-electron chi connectivity index (χ3n) is 3.94. The number of ether oxygens (including phenoxy) is 2. The van der Waals surface area contributed by atoms with Crippen molar-refractivity contribution in [3.63, 3.8) is 0 Å². The molecule has 0 fully saturated rings. The number of imidazole rings is 1. The van der Waals surface area contributed by atoms with Crippen molar-refractivity contribution < 1.29 is 14.3 Å². The first-order valence-electron chi connectivity index (χ1n) is 8.19. The van der Waals surface area contributed by atoms with E-state index in [-0.39, 0.29) is 5.91 Å². The highest BCUT2D eigenvalue weighted by Crippen LogP contribution is 2.29. The van der Waals surface area contributed by atoms with Crippen LogP contribution >= 0.6 is 11.3 Å². The maximum atomic E-state index is 12.5. The van der Waals surface area contributed by atoms with Crippen LogP contribution in [0.3, 0.4) is 0 Å². The molecule has 0 aliphatic carbocycles. The van der Waals surface area contributed by atoms with Gasteiger partial charge >= 0.3 is 0 Å². The highest BCUT2D eigenvalue weighted by molar-refractivity contribution is 7.10. The van der Waals surface area contributed by atoms with Crippen LogP contribution in [0.15, 0.2) is 48.2 Å². The second-order valence-corrected chi connectivity index (χ2v) is 6.61. The van der Waals surface area contributed by atoms with Gasteiger partial charge in [0.1, 0.15) is 28.4 Å². The van der Waals surface area contributed by atoms with Crippen molar-refractivity contribution in [2.75, 3.05) is 14.2 Å². The van der Waals surface area contributed by atoms with Gasteiger partial charge in [-0.25, -0.2) is 9.97 Å². The molecule has 0 spiro atoms. The number of hydrogen-bond donors (Lipinski definition) is 1. The highest BCUT2D eigenvalue weighted by atomic mass is 32.1. The number of hydrogen-bond acceptors (Lipinski definition) is 6. The van der Waals surface area contributed by atoms with Crippen molar-refractivity contribution in [2.45, 2.75) is 6.04 Å². The number of aryl methyl sites for hydroxylation is 1. The van der Waals surface area contributed by atoms with Gasteiger partial charge in [-0.2, -0.15) is 0 Å². The van der Waals surface area contributed by atoms with E-state index >= 15 is 0 Å². The predicted molar refractivity (Wildman–Crippen MR) is 104 cm³/mol. The summed E-state index contributed by atoms with van der Waals surface area (Å²) in [6, 6.07) is 5.02. The number of thiazole rings is 1. The molecule has 2 aromatic heterocycles. The van der Waals surface area contributed by atoms with Crippen molar-refractivity contribution in [1.82, 2.24) is 19.9 Å². The molecule has 7 nitrogen and oxygen atoms in total. The average Bonchev–Trinajstić information content (AvgIpc) is 3.35. The summed E-state index contributed by atoms with van der Waals surface area (Å²) >= 11 is 1.46. The van der Waals surface area contributed by atoms with Crippen LogP contribution in [0.2, 0.25) is 0 Å². The Kier molecular flexibility index (Phi) is 5.87. The van der Waals surface area contributed by atoms with Crippen molar-refractivity contribution in [3.8, 4) is 11.5 Å². The van der Waals surface area contributed by atoms with Crippen molar-refractivity contribution in [2.24, 2.45) is 7.05 Å². The van der Waals surface area contributed by atoms with E-state index in [4.69, 9.17) is 9.47 Å². The van der Waals surface area contributed by atoms with E-state index in [9.17, 15) is 4.79 Å². The van der Waals surface area contributed by atoms with Gasteiger partial charge in [-0.05, 0) is 23.8 Å². The topological polar surface area (TPSA) is 78.3 Å². The number of rotatable bonds is 7. The van der Waals surface area contributed by atoms with Gasteiger partial charge in [-0.3, -0.25) is 4.79 Å². The van der Waals surface area contributed by atoms with Crippen LogP contribution in [-0.4, -0.2) is 34.7 Å². The number of nitrogens with one attached hydrogen (secondary N) is 1. The van der Waals surface area contributed by atoms with Crippen LogP contribution in [0, 0.1) is 0 Å². The summed E-state index contributed by atoms with van der Waals surface area (Å²) in [5.74, 6) is 1.72. The van der Waals surface area contributed by atoms with Crippen LogP contribution < -0.4 is 14.8 Å². The largest absolute Gasteiger partial charge is 0.497 e. The average molecular weight is 384 g/mol. The van der Waals surface area contributed by atoms with E-state index in [1.807, 2.05) is 35.3 Å². The lowest BCUT2D eigenvalue weighted by Gasteiger charge is -2.20. The number of benzene rings is 1. The van der Waals surface area contributed by atoms with Gasteiger partial charge in [0.25, 0.3) is 0 Å². The molecule has 2 heterocycles. The Morgan fingerprint density at radius 2 is 1.93 bits per heavy atom. The van der Waals surface area contributed by atoms with Crippen LogP contribution in [0.1, 0.15) is 22.4 Å². The fourth-order valence-electron chi connectivity index (χ4n) is 2.60. The third kappa shape index (κ3) is 4.53. The molecule has 8 heteroatoms. The molecule has 1 atom stereocenters. The monoisotopic (exact) mass is 384 g/mol. The van der Waals surface area contributed by atoms with E-state index < -0.39 is 6.04 Å². The Morgan fingerprint density at radius 1 is 1.19 bits per heavy atom. The lowest BCUT2D eigenvalue weighted by Crippen LogP contribution is -2.29. The number of methoxy groups -OCH3 is 2. The van der Waals surface area contributed by atoms with Gasteiger partial charge < -0.3 is 19.4 Å². The second kappa shape index (κ2) is 8.50. The van der Waals surface area contributed by atoms with Gasteiger partial charge in [-0.15, -0.1) is 11.3 Å². The molecule has 0 bridgehead atoms. The lowest BCUT2D eigenvalue weighted by atomic mass is 10.0. The van der Waals surface area contributed by atoms with E-state index in [2.05, 4.69) is 15.3 Å². The minimum Gasteiger partial charge on any atom is -0.497 e. The normalized spacial score (nSPS) is 12.1. The number of carbonyl (C=O) groups excluding carboxylic acids is 1. The predicted octanol–water partition coefficient (Wildman–Crippen LogP) is 2.81. The summed E-state index contributed by atoms with van der Waals surface area (Å²) in [6.07, 6.45) is 8.36. The Balaban J connectivity index is 1.92. The minimum atomic E-state index is -0.470. The van der Waals surface area contributed by atoms with E-state index in [1.54, 1.807) is 38.8 Å². The molecule has 0 saturated heterocycles. The number of nitrogens with zero attached hydrogens (tertiary/aromatic N) is 3. The molecule has 0 saturated carbocycles. The van der Waals surface area contributed by atoms with Crippen molar-refractivity contribution in [3.05, 3.63) is 64.6 Å². The molecular weight excluding hydrogens is 364 g/mol. The van der Waals surface area contributed by atoms with E-state index in [0.29, 0.717) is 17.3 Å². The lowest BCUT2D eigenvalue weighted by molar-refractivity contribution is -0.117. The van der Waals surface area contributed by atoms with Gasteiger partial charge in [0, 0.05) is 43.2 Å². The second-order valence-electron chi connectivity index (χ2n) is 5.69. The van der Waals surface area contributed by atoms with Gasteiger partial charge in [0.15, 0.2) is 0 Å². The summed E-state index contributed by atoms with van der Waals surface area (Å²) in [4.78, 5) is 21.1. The molecule has 27 heavy (non-hydrogen) atoms. The first-order valence-corrected chi connectivity index (χ1v) is 9.07. The van der Waals surface area contributed by atoms with Crippen LogP contribution in [0.5, 0.6) is 11.5 Å². The van der Waals surface area contributed by atoms with Gasteiger partial charge in [0.2, 0.25) is 5.91 Å². The zero-order chi connectivity index (χ0) is 19.2. The minimum absolute atomic E-state index is 0.250. The molecule has 1 N–H and O–H groups in total. The summed E-state index contributed by atoms with van der Waals surface area (Å²) in [5.41, 5.74) is 0.802. The number of amides is 1. The Bertz CT molecular complexity index is 912. The Hall–Kier alpha value is -3.13. The summed E-state index contributed by atoms with van der Waals surface area (Å²) in [7, 11) is 5.05. The molecule has 0 radical (unpaired) electrons. The zero-order valence-electron chi connectivity index (χ0n) is 15.2. The van der Waals surface area contributed by atoms with Gasteiger partial charge in [0.05, 0.1) is 14.2 Å². The Morgan fingerprint density at radius 3 is 2.48 bits per heavy atom. The first kappa shape index (κ1) is 18.7. The first-order chi connectivity index (χ1) is 13.1. The molecule has 1 aromatic carbocycles. The molecule has 1 amide bonds. The molecule has 1 unspecified atom stereocenters. The quantitative estimate of drug-likeness (QED) is 0.634. The summed E-state index contributed by atoms with van der Waals surface area (Å²) < 4.78 is 12.6. The maximum absolute atomic E-state index is 12.5. The SMILES string of the molecule is COc1cc(OC)cc(C(NC(=O)/C=C/c2nccs2)c2nccn2C)c1. The van der Waals surface area contributed by atoms with Crippen molar-refractivity contribution >= 4 is 23.3 Å². The van der Waals surface area contributed by atoms with Crippen molar-refractivity contribution in [1.29, 1.82) is 0 Å². The summed E-state index contributed by atoms with van der Waals surface area (Å²) in [5, 5.41) is 5.62. The van der Waals surface area contributed by atoms with Gasteiger partial charge in [-0.1, -0.05) is 0 Å². The molecule has 3 rings (SSSR count). The van der Waals surface area contributed by atoms with Crippen LogP contribution in [0.4, 0.5) is 0 Å². The molecule has 0 aliphatic heterocycles. The molecule has 3 aromatic rings. The fourth-order valence-corrected chi connectivity index (χ4v) is 3.13. The Labute approximate surface area is 161 Å².